The number of amides is 1. The zero-order chi connectivity index (χ0) is 21.9. The average Bonchev–Trinajstić information content (AvgIpc) is 2.83. The van der Waals surface area contributed by atoms with Crippen molar-refractivity contribution in [2.75, 3.05) is 13.6 Å². The number of benzene rings is 1. The van der Waals surface area contributed by atoms with E-state index in [0.717, 1.165) is 31.2 Å². The third kappa shape index (κ3) is 6.16. The number of carbonyl (C=O) groups excluding carboxylic acids is 1. The average molecular weight is 417 g/mol. The van der Waals surface area contributed by atoms with Crippen LogP contribution < -0.4 is 16.0 Å². The molecule has 1 aromatic carbocycles. The zero-order valence-electron chi connectivity index (χ0n) is 17.7. The van der Waals surface area contributed by atoms with Crippen molar-refractivity contribution in [3.63, 3.8) is 0 Å². The van der Waals surface area contributed by atoms with Crippen molar-refractivity contribution in [2.24, 2.45) is 4.99 Å². The van der Waals surface area contributed by atoms with Gasteiger partial charge in [0.2, 0.25) is 18.1 Å². The van der Waals surface area contributed by atoms with Crippen molar-refractivity contribution in [3.8, 4) is 6.19 Å². The second-order valence-corrected chi connectivity index (χ2v) is 7.71. The van der Waals surface area contributed by atoms with Gasteiger partial charge >= 0.3 is 0 Å². The van der Waals surface area contributed by atoms with Crippen LogP contribution in [0.2, 0.25) is 0 Å². The molecule has 0 bridgehead atoms. The number of nitriles is 1. The molecule has 0 radical (unpaired) electrons. The normalized spacial score (nSPS) is 21.3. The molecule has 0 saturated heterocycles. The highest BCUT2D eigenvalue weighted by atomic mass is 16.1. The first-order chi connectivity index (χ1) is 15.1. The molecule has 1 heterocycles. The molecule has 1 amide bonds. The molecule has 0 unspecified atom stereocenters. The molecule has 2 aromatic rings. The first-order valence-corrected chi connectivity index (χ1v) is 10.5. The summed E-state index contributed by atoms with van der Waals surface area (Å²) in [6.45, 7) is 0.575. The number of guanidine groups is 1. The van der Waals surface area contributed by atoms with Crippen LogP contribution >= 0.6 is 0 Å². The van der Waals surface area contributed by atoms with E-state index in [2.05, 4.69) is 38.1 Å². The lowest BCUT2D eigenvalue weighted by atomic mass is 9.68. The van der Waals surface area contributed by atoms with Crippen molar-refractivity contribution in [1.82, 2.24) is 20.9 Å². The standard InChI is InChI=1S/C24H28N6O/c1-26-23(29-18-25)30-21-11-13-24(14-12-21,20-7-3-2-4-8-20)17-28-22(31)10-9-19-6-5-15-27-16-19/h2-10,15-16,21H,11-14,17H2,1H3,(H,28,31)(H2,26,29,30)/b10-9+/t21-,24-. The summed E-state index contributed by atoms with van der Waals surface area (Å²) in [4.78, 5) is 20.3. The fourth-order valence-electron chi connectivity index (χ4n) is 4.04. The van der Waals surface area contributed by atoms with Crippen LogP contribution in [-0.2, 0) is 10.2 Å². The largest absolute Gasteiger partial charge is 0.359 e. The summed E-state index contributed by atoms with van der Waals surface area (Å²) < 4.78 is 0. The summed E-state index contributed by atoms with van der Waals surface area (Å²) in [7, 11) is 1.74. The van der Waals surface area contributed by atoms with E-state index in [1.54, 1.807) is 31.6 Å². The van der Waals surface area contributed by atoms with Crippen LogP contribution in [0, 0.1) is 11.5 Å². The van der Waals surface area contributed by atoms with Gasteiger partial charge in [0.25, 0.3) is 0 Å². The predicted octanol–water partition coefficient (Wildman–Crippen LogP) is 2.74. The van der Waals surface area contributed by atoms with E-state index in [0.29, 0.717) is 12.5 Å². The van der Waals surface area contributed by atoms with Gasteiger partial charge in [-0.2, -0.15) is 5.26 Å². The van der Waals surface area contributed by atoms with Crippen molar-refractivity contribution < 1.29 is 4.79 Å². The summed E-state index contributed by atoms with van der Waals surface area (Å²) in [5.74, 6) is 0.381. The van der Waals surface area contributed by atoms with Gasteiger partial charge in [0.05, 0.1) is 0 Å². The number of aromatic nitrogens is 1. The van der Waals surface area contributed by atoms with Gasteiger partial charge in [0.1, 0.15) is 0 Å². The van der Waals surface area contributed by atoms with Gasteiger partial charge in [-0.05, 0) is 49.0 Å². The third-order valence-electron chi connectivity index (χ3n) is 5.78. The lowest BCUT2D eigenvalue weighted by Crippen LogP contribution is -2.49. The molecular formula is C24H28N6O. The number of carbonyl (C=O) groups is 1. The number of nitrogens with one attached hydrogen (secondary N) is 3. The second-order valence-electron chi connectivity index (χ2n) is 7.71. The first kappa shape index (κ1) is 22.0. The molecule has 0 spiro atoms. The molecule has 7 nitrogen and oxygen atoms in total. The molecule has 160 valence electrons. The number of hydrogen-bond donors (Lipinski definition) is 3. The first-order valence-electron chi connectivity index (χ1n) is 10.5. The van der Waals surface area contributed by atoms with Gasteiger partial charge in [-0.25, -0.2) is 0 Å². The number of pyridine rings is 1. The highest BCUT2D eigenvalue weighted by molar-refractivity contribution is 5.91. The fraction of sp³-hybridized carbons (Fsp3) is 0.333. The van der Waals surface area contributed by atoms with Gasteiger partial charge in [-0.1, -0.05) is 36.4 Å². The summed E-state index contributed by atoms with van der Waals surface area (Å²) in [6, 6.07) is 14.4. The lowest BCUT2D eigenvalue weighted by molar-refractivity contribution is -0.116. The van der Waals surface area contributed by atoms with Crippen molar-refractivity contribution >= 4 is 17.9 Å². The Labute approximate surface area is 183 Å². The van der Waals surface area contributed by atoms with Crippen LogP contribution in [0.3, 0.4) is 0 Å². The van der Waals surface area contributed by atoms with E-state index in [1.165, 1.54) is 5.56 Å². The predicted molar refractivity (Wildman–Crippen MR) is 122 cm³/mol. The molecule has 0 aliphatic heterocycles. The SMILES string of the molecule is CN/C(=N\C#N)N[C@H]1CC[C@](CNC(=O)/C=C/c2cccnc2)(c2ccccc2)CC1. The molecule has 1 fully saturated rings. The summed E-state index contributed by atoms with van der Waals surface area (Å²) >= 11 is 0. The maximum atomic E-state index is 12.5. The molecule has 0 atom stereocenters. The lowest BCUT2D eigenvalue weighted by Gasteiger charge is -2.41. The Morgan fingerprint density at radius 3 is 2.68 bits per heavy atom. The Morgan fingerprint density at radius 1 is 1.26 bits per heavy atom. The molecule has 3 N–H and O–H groups in total. The smallest absolute Gasteiger partial charge is 0.244 e. The van der Waals surface area contributed by atoms with E-state index in [1.807, 2.05) is 36.5 Å². The Bertz CT molecular complexity index is 941. The number of rotatable bonds is 6. The minimum Gasteiger partial charge on any atom is -0.359 e. The number of nitrogens with zero attached hydrogens (tertiary/aromatic N) is 3. The van der Waals surface area contributed by atoms with Crippen LogP contribution in [0.5, 0.6) is 0 Å². The van der Waals surface area contributed by atoms with Crippen molar-refractivity contribution in [3.05, 3.63) is 72.1 Å². The highest BCUT2D eigenvalue weighted by Crippen LogP contribution is 2.39. The van der Waals surface area contributed by atoms with Crippen LogP contribution in [0.25, 0.3) is 6.08 Å². The van der Waals surface area contributed by atoms with E-state index in [-0.39, 0.29) is 17.4 Å². The van der Waals surface area contributed by atoms with Gasteiger partial charge in [0, 0.05) is 43.5 Å². The molecule has 31 heavy (non-hydrogen) atoms. The van der Waals surface area contributed by atoms with Gasteiger partial charge < -0.3 is 16.0 Å². The van der Waals surface area contributed by atoms with E-state index < -0.39 is 0 Å². The van der Waals surface area contributed by atoms with Crippen molar-refractivity contribution in [2.45, 2.75) is 37.1 Å². The molecule has 1 aliphatic carbocycles. The number of hydrogen-bond acceptors (Lipinski definition) is 4. The minimum absolute atomic E-state index is 0.113. The molecule has 1 aliphatic rings. The van der Waals surface area contributed by atoms with Gasteiger partial charge in [0.15, 0.2) is 0 Å². The van der Waals surface area contributed by atoms with Crippen LogP contribution in [-0.4, -0.2) is 36.5 Å². The maximum absolute atomic E-state index is 12.5. The Morgan fingerprint density at radius 2 is 2.03 bits per heavy atom. The van der Waals surface area contributed by atoms with Crippen molar-refractivity contribution in [1.29, 1.82) is 5.26 Å². The Kier molecular flexibility index (Phi) is 7.77. The second kappa shape index (κ2) is 10.9. The summed E-state index contributed by atoms with van der Waals surface area (Å²) in [5, 5.41) is 18.1. The van der Waals surface area contributed by atoms with E-state index >= 15 is 0 Å². The molecular weight excluding hydrogens is 388 g/mol. The highest BCUT2D eigenvalue weighted by Gasteiger charge is 2.37. The van der Waals surface area contributed by atoms with Crippen LogP contribution in [0.4, 0.5) is 0 Å². The Hall–Kier alpha value is -3.66. The summed E-state index contributed by atoms with van der Waals surface area (Å²) in [6.07, 6.45) is 12.2. The Balaban J connectivity index is 1.66. The van der Waals surface area contributed by atoms with E-state index in [4.69, 9.17) is 5.26 Å². The topological polar surface area (TPSA) is 102 Å². The van der Waals surface area contributed by atoms with Crippen LogP contribution in [0.15, 0.2) is 65.9 Å². The fourth-order valence-corrected chi connectivity index (χ4v) is 4.04. The third-order valence-corrected chi connectivity index (χ3v) is 5.78. The summed E-state index contributed by atoms with van der Waals surface area (Å²) in [5.41, 5.74) is 2.01. The number of aliphatic imine (C=N–C) groups is 1. The van der Waals surface area contributed by atoms with Crippen LogP contribution in [0.1, 0.15) is 36.8 Å². The maximum Gasteiger partial charge on any atom is 0.244 e. The molecule has 3 rings (SSSR count). The minimum atomic E-state index is -0.122. The molecule has 1 aromatic heterocycles. The molecule has 7 heteroatoms. The van der Waals surface area contributed by atoms with Gasteiger partial charge in [-0.15, -0.1) is 4.99 Å². The van der Waals surface area contributed by atoms with E-state index in [9.17, 15) is 4.79 Å². The zero-order valence-corrected chi connectivity index (χ0v) is 17.7. The monoisotopic (exact) mass is 416 g/mol. The van der Waals surface area contributed by atoms with Gasteiger partial charge in [-0.3, -0.25) is 9.78 Å². The quantitative estimate of drug-likeness (QED) is 0.291. The molecule has 1 saturated carbocycles.